The Morgan fingerprint density at radius 3 is 1.20 bits per heavy atom. The molecular weight excluding hydrogens is 646 g/mol. The van der Waals surface area contributed by atoms with Crippen molar-refractivity contribution in [2.24, 2.45) is 0 Å². The summed E-state index contributed by atoms with van der Waals surface area (Å²) < 4.78 is 0. The number of rotatable bonds is 6. The molecule has 4 aromatic carbocycles. The lowest BCUT2D eigenvalue weighted by atomic mass is 10.0. The molecule has 8 nitrogen and oxygen atoms in total. The number of benzene rings is 4. The van der Waals surface area contributed by atoms with Crippen molar-refractivity contribution in [3.05, 3.63) is 104 Å². The van der Waals surface area contributed by atoms with Gasteiger partial charge in [0.25, 0.3) is 0 Å². The number of amides is 4. The third-order valence-corrected chi connectivity index (χ3v) is 7.91. The number of hydrogen-bond donors (Lipinski definition) is 6. The van der Waals surface area contributed by atoms with Crippen LogP contribution in [0.5, 0.6) is 11.5 Å². The fraction of sp³-hybridized carbons (Fsp3) is 0.188. The normalized spacial score (nSPS) is 10.6. The second-order valence-corrected chi connectivity index (χ2v) is 11.8. The van der Waals surface area contributed by atoms with Gasteiger partial charge in [-0.25, -0.2) is 9.59 Å². The average molecular weight is 678 g/mol. The predicted octanol–water partition coefficient (Wildman–Crippen LogP) is 10.9. The molecule has 4 aromatic rings. The van der Waals surface area contributed by atoms with Gasteiger partial charge < -0.3 is 31.5 Å². The number of halogens is 4. The lowest BCUT2D eigenvalue weighted by Gasteiger charge is -2.12. The Morgan fingerprint density at radius 1 is 0.545 bits per heavy atom. The molecule has 0 radical (unpaired) electrons. The smallest absolute Gasteiger partial charge is 0.323 e. The predicted molar refractivity (Wildman–Crippen MR) is 183 cm³/mol. The summed E-state index contributed by atoms with van der Waals surface area (Å²) in [6.07, 6.45) is 0. The van der Waals surface area contributed by atoms with E-state index in [1.165, 1.54) is 0 Å². The standard InChI is InChI=1S/2C16H16Cl2N2O2/c2*1-9(2)10-6-7-12(14(21)8-10)19-16(22)20-13-5-3-4-11(17)15(13)18/h2*3-9,21H,1-2H3,(H2,19,20,22). The minimum Gasteiger partial charge on any atom is -0.506 e. The van der Waals surface area contributed by atoms with Crippen molar-refractivity contribution in [2.45, 2.75) is 39.5 Å². The van der Waals surface area contributed by atoms with E-state index in [2.05, 4.69) is 21.3 Å². The number of anilines is 4. The zero-order valence-corrected chi connectivity index (χ0v) is 27.3. The highest BCUT2D eigenvalue weighted by atomic mass is 35.5. The van der Waals surface area contributed by atoms with Crippen LogP contribution in [0.1, 0.15) is 50.7 Å². The molecule has 0 saturated carbocycles. The number of nitrogens with one attached hydrogen (secondary N) is 4. The maximum atomic E-state index is 12.0. The van der Waals surface area contributed by atoms with Crippen LogP contribution in [0.25, 0.3) is 0 Å². The Labute approximate surface area is 276 Å². The second-order valence-electron chi connectivity index (χ2n) is 10.2. The molecule has 4 rings (SSSR count). The van der Waals surface area contributed by atoms with Gasteiger partial charge >= 0.3 is 12.1 Å². The number of carbonyl (C=O) groups excluding carboxylic acids is 2. The van der Waals surface area contributed by atoms with Gasteiger partial charge in [-0.3, -0.25) is 0 Å². The minimum absolute atomic E-state index is 0.0125. The SMILES string of the molecule is CC(C)c1ccc(NC(=O)Nc2cccc(Cl)c2Cl)c(O)c1.CC(C)c1ccc(NC(=O)Nc2cccc(Cl)c2Cl)c(O)c1. The van der Waals surface area contributed by atoms with Crippen LogP contribution in [0.2, 0.25) is 20.1 Å². The van der Waals surface area contributed by atoms with Gasteiger partial charge in [-0.1, -0.05) is 98.4 Å². The molecule has 232 valence electrons. The summed E-state index contributed by atoms with van der Waals surface area (Å²) in [5.41, 5.74) is 3.40. The van der Waals surface area contributed by atoms with Gasteiger partial charge in [0, 0.05) is 0 Å². The monoisotopic (exact) mass is 676 g/mol. The Bertz CT molecular complexity index is 1530. The largest absolute Gasteiger partial charge is 0.506 e. The summed E-state index contributed by atoms with van der Waals surface area (Å²) in [7, 11) is 0. The van der Waals surface area contributed by atoms with Gasteiger partial charge in [0.05, 0.1) is 42.8 Å². The Hall–Kier alpha value is -3.82. The number of carbonyl (C=O) groups is 2. The average Bonchev–Trinajstić information content (AvgIpc) is 2.96. The van der Waals surface area contributed by atoms with Crippen LogP contribution in [0.4, 0.5) is 32.3 Å². The molecule has 0 unspecified atom stereocenters. The molecule has 0 aliphatic rings. The van der Waals surface area contributed by atoms with Crippen LogP contribution >= 0.6 is 46.4 Å². The molecule has 0 spiro atoms. The molecule has 0 atom stereocenters. The van der Waals surface area contributed by atoms with E-state index in [0.717, 1.165) is 11.1 Å². The van der Waals surface area contributed by atoms with Crippen molar-refractivity contribution >= 4 is 81.2 Å². The Kier molecular flexibility index (Phi) is 12.4. The fourth-order valence-electron chi connectivity index (χ4n) is 3.78. The first-order valence-electron chi connectivity index (χ1n) is 13.5. The van der Waals surface area contributed by atoms with Gasteiger partial charge in [0.15, 0.2) is 0 Å². The number of phenolic OH excluding ortho intramolecular Hbond substituents is 2. The van der Waals surface area contributed by atoms with Crippen LogP contribution in [-0.4, -0.2) is 22.3 Å². The highest BCUT2D eigenvalue weighted by Gasteiger charge is 2.13. The summed E-state index contributed by atoms with van der Waals surface area (Å²) in [5, 5.41) is 31.5. The van der Waals surface area contributed by atoms with E-state index in [1.807, 2.05) is 39.8 Å². The molecule has 0 aliphatic heterocycles. The summed E-state index contributed by atoms with van der Waals surface area (Å²) in [6, 6.07) is 19.1. The first-order chi connectivity index (χ1) is 20.8. The fourth-order valence-corrected chi connectivity index (χ4v) is 4.47. The topological polar surface area (TPSA) is 123 Å². The lowest BCUT2D eigenvalue weighted by Crippen LogP contribution is -2.19. The summed E-state index contributed by atoms with van der Waals surface area (Å²) in [5.74, 6) is 0.607. The number of aromatic hydroxyl groups is 2. The lowest BCUT2D eigenvalue weighted by molar-refractivity contribution is 0.261. The van der Waals surface area contributed by atoms with Crippen LogP contribution < -0.4 is 21.3 Å². The third kappa shape index (κ3) is 9.59. The first kappa shape index (κ1) is 34.7. The molecule has 0 bridgehead atoms. The molecule has 6 N–H and O–H groups in total. The molecule has 0 heterocycles. The van der Waals surface area contributed by atoms with Crippen molar-refractivity contribution in [2.75, 3.05) is 21.3 Å². The quantitative estimate of drug-likeness (QED) is 0.114. The van der Waals surface area contributed by atoms with E-state index in [9.17, 15) is 19.8 Å². The molecule has 44 heavy (non-hydrogen) atoms. The second kappa shape index (κ2) is 15.8. The van der Waals surface area contributed by atoms with E-state index in [-0.39, 0.29) is 21.5 Å². The van der Waals surface area contributed by atoms with Crippen LogP contribution in [0.3, 0.4) is 0 Å². The summed E-state index contributed by atoms with van der Waals surface area (Å²) in [4.78, 5) is 24.0. The van der Waals surface area contributed by atoms with Crippen molar-refractivity contribution in [1.29, 1.82) is 0 Å². The van der Waals surface area contributed by atoms with Crippen molar-refractivity contribution in [3.63, 3.8) is 0 Å². The van der Waals surface area contributed by atoms with Crippen molar-refractivity contribution in [3.8, 4) is 11.5 Å². The van der Waals surface area contributed by atoms with Gasteiger partial charge in [-0.05, 0) is 71.5 Å². The molecule has 0 aliphatic carbocycles. The minimum atomic E-state index is -0.517. The van der Waals surface area contributed by atoms with E-state index in [0.29, 0.717) is 44.6 Å². The van der Waals surface area contributed by atoms with E-state index < -0.39 is 12.1 Å². The highest BCUT2D eigenvalue weighted by molar-refractivity contribution is 6.44. The van der Waals surface area contributed by atoms with Crippen LogP contribution in [0.15, 0.2) is 72.8 Å². The van der Waals surface area contributed by atoms with Gasteiger partial charge in [-0.2, -0.15) is 0 Å². The molecular formula is C32H32Cl4N4O4. The number of urea groups is 2. The van der Waals surface area contributed by atoms with Crippen molar-refractivity contribution < 1.29 is 19.8 Å². The maximum absolute atomic E-state index is 12.0. The van der Waals surface area contributed by atoms with Gasteiger partial charge in [-0.15, -0.1) is 0 Å². The third-order valence-electron chi connectivity index (χ3n) is 6.27. The number of phenols is 2. The Balaban J connectivity index is 0.000000240. The van der Waals surface area contributed by atoms with E-state index in [4.69, 9.17) is 46.4 Å². The molecule has 0 saturated heterocycles. The zero-order chi connectivity index (χ0) is 32.6. The highest BCUT2D eigenvalue weighted by Crippen LogP contribution is 2.32. The summed E-state index contributed by atoms with van der Waals surface area (Å²) >= 11 is 23.8. The molecule has 0 fully saturated rings. The van der Waals surface area contributed by atoms with Crippen molar-refractivity contribution in [1.82, 2.24) is 0 Å². The molecule has 4 amide bonds. The van der Waals surface area contributed by atoms with Gasteiger partial charge in [0.1, 0.15) is 11.5 Å². The number of hydrogen-bond acceptors (Lipinski definition) is 4. The van der Waals surface area contributed by atoms with E-state index in [1.54, 1.807) is 60.7 Å². The van der Waals surface area contributed by atoms with Crippen LogP contribution in [-0.2, 0) is 0 Å². The van der Waals surface area contributed by atoms with Gasteiger partial charge in [0.2, 0.25) is 0 Å². The molecule has 12 heteroatoms. The Morgan fingerprint density at radius 2 is 0.886 bits per heavy atom. The van der Waals surface area contributed by atoms with Crippen LogP contribution in [0, 0.1) is 0 Å². The molecule has 0 aromatic heterocycles. The zero-order valence-electron chi connectivity index (χ0n) is 24.3. The van der Waals surface area contributed by atoms with E-state index >= 15 is 0 Å². The maximum Gasteiger partial charge on any atom is 0.323 e. The summed E-state index contributed by atoms with van der Waals surface area (Å²) in [6.45, 7) is 8.09. The first-order valence-corrected chi connectivity index (χ1v) is 15.0.